The maximum absolute atomic E-state index is 12.4. The van der Waals surface area contributed by atoms with E-state index in [-0.39, 0.29) is 11.9 Å². The first-order valence-electron chi connectivity index (χ1n) is 7.66. The van der Waals surface area contributed by atoms with Gasteiger partial charge < -0.3 is 15.6 Å². The molecular weight excluding hydrogens is 264 g/mol. The van der Waals surface area contributed by atoms with Gasteiger partial charge in [-0.1, -0.05) is 13.3 Å². The number of nitrogens with zero attached hydrogens (tertiary/aromatic N) is 1. The third kappa shape index (κ3) is 3.08. The number of hydrogen-bond acceptors (Lipinski definition) is 3. The van der Waals surface area contributed by atoms with Gasteiger partial charge in [-0.15, -0.1) is 0 Å². The van der Waals surface area contributed by atoms with Gasteiger partial charge in [-0.2, -0.15) is 0 Å². The number of rotatable bonds is 3. The summed E-state index contributed by atoms with van der Waals surface area (Å²) < 4.78 is 0. The fourth-order valence-electron chi connectivity index (χ4n) is 3.01. The summed E-state index contributed by atoms with van der Waals surface area (Å²) in [4.78, 5) is 19.9. The Bertz CT molecular complexity index is 649. The first kappa shape index (κ1) is 14.1. The van der Waals surface area contributed by atoms with E-state index in [2.05, 4.69) is 27.5 Å². The van der Waals surface area contributed by atoms with Crippen LogP contribution in [0.5, 0.6) is 0 Å². The van der Waals surface area contributed by atoms with Gasteiger partial charge in [0.25, 0.3) is 0 Å². The van der Waals surface area contributed by atoms with Gasteiger partial charge in [-0.3, -0.25) is 4.79 Å². The average molecular weight is 286 g/mol. The molecule has 2 atom stereocenters. The van der Waals surface area contributed by atoms with Crippen molar-refractivity contribution in [2.75, 3.05) is 11.9 Å². The monoisotopic (exact) mass is 286 g/mol. The summed E-state index contributed by atoms with van der Waals surface area (Å²) in [5.41, 5.74) is 2.69. The van der Waals surface area contributed by atoms with Crippen LogP contribution in [0.4, 0.5) is 5.69 Å². The molecule has 1 aromatic carbocycles. The zero-order valence-electron chi connectivity index (χ0n) is 12.6. The number of aryl methyl sites for hydroxylation is 1. The van der Waals surface area contributed by atoms with E-state index in [0.717, 1.165) is 41.9 Å². The molecule has 1 saturated heterocycles. The summed E-state index contributed by atoms with van der Waals surface area (Å²) in [5.74, 6) is 1.59. The van der Waals surface area contributed by atoms with Gasteiger partial charge in [0, 0.05) is 5.69 Å². The maximum Gasteiger partial charge on any atom is 0.241 e. The van der Waals surface area contributed by atoms with Crippen molar-refractivity contribution in [1.82, 2.24) is 15.3 Å². The predicted molar refractivity (Wildman–Crippen MR) is 84.3 cm³/mol. The Hall–Kier alpha value is -1.88. The summed E-state index contributed by atoms with van der Waals surface area (Å²) in [6, 6.07) is 5.69. The van der Waals surface area contributed by atoms with Gasteiger partial charge in [0.1, 0.15) is 5.82 Å². The Kier molecular flexibility index (Phi) is 3.92. The standard InChI is InChI=1S/C16H22N4O/c1-3-11-6-7-17-15(8-11)16(21)20-12-4-5-13-14(9-12)19-10(2)18-13/h4-5,9,11,15,17H,3,6-8H2,1-2H3,(H,18,19)(H,20,21). The van der Waals surface area contributed by atoms with Crippen LogP contribution in [0.1, 0.15) is 32.0 Å². The van der Waals surface area contributed by atoms with E-state index >= 15 is 0 Å². The lowest BCUT2D eigenvalue weighted by atomic mass is 9.90. The number of H-pyrrole nitrogens is 1. The molecule has 0 saturated carbocycles. The lowest BCUT2D eigenvalue weighted by Gasteiger charge is -2.28. The molecule has 0 radical (unpaired) electrons. The molecule has 5 nitrogen and oxygen atoms in total. The zero-order chi connectivity index (χ0) is 14.8. The zero-order valence-corrected chi connectivity index (χ0v) is 12.6. The van der Waals surface area contributed by atoms with E-state index in [9.17, 15) is 4.79 Å². The van der Waals surface area contributed by atoms with Gasteiger partial charge >= 0.3 is 0 Å². The lowest BCUT2D eigenvalue weighted by molar-refractivity contribution is -0.119. The normalized spacial score (nSPS) is 22.4. The van der Waals surface area contributed by atoms with Crippen LogP contribution in [0.25, 0.3) is 11.0 Å². The third-order valence-electron chi connectivity index (χ3n) is 4.27. The Labute approximate surface area is 124 Å². The highest BCUT2D eigenvalue weighted by Gasteiger charge is 2.25. The summed E-state index contributed by atoms with van der Waals surface area (Å²) in [6.45, 7) is 5.05. The molecule has 1 aliphatic heterocycles. The number of amides is 1. The molecule has 5 heteroatoms. The molecule has 2 aromatic rings. The number of fused-ring (bicyclic) bond motifs is 1. The van der Waals surface area contributed by atoms with Gasteiger partial charge in [-0.25, -0.2) is 4.98 Å². The number of aromatic amines is 1. The van der Waals surface area contributed by atoms with Crippen LogP contribution in [0.15, 0.2) is 18.2 Å². The molecule has 1 aromatic heterocycles. The second kappa shape index (κ2) is 5.85. The minimum atomic E-state index is -0.0806. The quantitative estimate of drug-likeness (QED) is 0.812. The number of hydrogen-bond donors (Lipinski definition) is 3. The average Bonchev–Trinajstić information content (AvgIpc) is 2.86. The molecule has 0 aliphatic carbocycles. The molecule has 3 N–H and O–H groups in total. The van der Waals surface area contributed by atoms with Crippen molar-refractivity contribution in [3.63, 3.8) is 0 Å². The van der Waals surface area contributed by atoms with Crippen LogP contribution in [0, 0.1) is 12.8 Å². The van der Waals surface area contributed by atoms with Crippen molar-refractivity contribution in [2.45, 2.75) is 39.2 Å². The maximum atomic E-state index is 12.4. The first-order valence-corrected chi connectivity index (χ1v) is 7.66. The molecule has 112 valence electrons. The fourth-order valence-corrected chi connectivity index (χ4v) is 3.01. The Morgan fingerprint density at radius 3 is 3.14 bits per heavy atom. The Morgan fingerprint density at radius 1 is 1.48 bits per heavy atom. The molecule has 1 aliphatic rings. The number of piperidine rings is 1. The van der Waals surface area contributed by atoms with E-state index < -0.39 is 0 Å². The molecule has 2 heterocycles. The predicted octanol–water partition coefficient (Wildman–Crippen LogP) is 2.59. The summed E-state index contributed by atoms with van der Waals surface area (Å²) in [7, 11) is 0. The number of imidazole rings is 1. The van der Waals surface area contributed by atoms with Crippen molar-refractivity contribution in [1.29, 1.82) is 0 Å². The topological polar surface area (TPSA) is 69.8 Å². The fraction of sp³-hybridized carbons (Fsp3) is 0.500. The van der Waals surface area contributed by atoms with E-state index in [1.54, 1.807) is 0 Å². The van der Waals surface area contributed by atoms with Crippen LogP contribution in [-0.2, 0) is 4.79 Å². The van der Waals surface area contributed by atoms with Gasteiger partial charge in [0.2, 0.25) is 5.91 Å². The SMILES string of the molecule is CCC1CCNC(C(=O)Nc2ccc3nc(C)[nH]c3c2)C1. The van der Waals surface area contributed by atoms with Gasteiger partial charge in [0.05, 0.1) is 17.1 Å². The van der Waals surface area contributed by atoms with Gasteiger partial charge in [0.15, 0.2) is 0 Å². The molecule has 1 fully saturated rings. The second-order valence-electron chi connectivity index (χ2n) is 5.85. The molecule has 0 bridgehead atoms. The van der Waals surface area contributed by atoms with E-state index in [1.165, 1.54) is 6.42 Å². The number of carbonyl (C=O) groups is 1. The van der Waals surface area contributed by atoms with Crippen LogP contribution in [0.3, 0.4) is 0 Å². The highest BCUT2D eigenvalue weighted by atomic mass is 16.2. The van der Waals surface area contributed by atoms with Crippen molar-refractivity contribution >= 4 is 22.6 Å². The minimum absolute atomic E-state index is 0.0590. The number of benzene rings is 1. The van der Waals surface area contributed by atoms with Crippen molar-refractivity contribution < 1.29 is 4.79 Å². The molecular formula is C16H22N4O. The number of carbonyl (C=O) groups excluding carboxylic acids is 1. The lowest BCUT2D eigenvalue weighted by Crippen LogP contribution is -2.46. The molecule has 3 rings (SSSR count). The Balaban J connectivity index is 1.70. The van der Waals surface area contributed by atoms with Gasteiger partial charge in [-0.05, 0) is 50.4 Å². The number of aromatic nitrogens is 2. The summed E-state index contributed by atoms with van der Waals surface area (Å²) in [6.07, 6.45) is 3.23. The van der Waals surface area contributed by atoms with E-state index in [0.29, 0.717) is 5.92 Å². The molecule has 0 spiro atoms. The van der Waals surface area contributed by atoms with Crippen molar-refractivity contribution in [2.24, 2.45) is 5.92 Å². The number of nitrogens with one attached hydrogen (secondary N) is 3. The summed E-state index contributed by atoms with van der Waals surface area (Å²) >= 11 is 0. The van der Waals surface area contributed by atoms with E-state index in [1.807, 2.05) is 25.1 Å². The minimum Gasteiger partial charge on any atom is -0.342 e. The summed E-state index contributed by atoms with van der Waals surface area (Å²) in [5, 5.41) is 6.32. The third-order valence-corrected chi connectivity index (χ3v) is 4.27. The molecule has 1 amide bonds. The van der Waals surface area contributed by atoms with Crippen LogP contribution >= 0.6 is 0 Å². The molecule has 21 heavy (non-hydrogen) atoms. The smallest absolute Gasteiger partial charge is 0.241 e. The molecule has 2 unspecified atom stereocenters. The second-order valence-corrected chi connectivity index (χ2v) is 5.85. The van der Waals surface area contributed by atoms with Crippen LogP contribution in [0.2, 0.25) is 0 Å². The van der Waals surface area contributed by atoms with Crippen LogP contribution in [-0.4, -0.2) is 28.5 Å². The van der Waals surface area contributed by atoms with Crippen LogP contribution < -0.4 is 10.6 Å². The van der Waals surface area contributed by atoms with E-state index in [4.69, 9.17) is 0 Å². The first-order chi connectivity index (χ1) is 10.2. The van der Waals surface area contributed by atoms with Crippen molar-refractivity contribution in [3.8, 4) is 0 Å². The number of anilines is 1. The highest BCUT2D eigenvalue weighted by molar-refractivity contribution is 5.96. The Morgan fingerprint density at radius 2 is 2.33 bits per heavy atom. The largest absolute Gasteiger partial charge is 0.342 e. The highest BCUT2D eigenvalue weighted by Crippen LogP contribution is 2.21. The van der Waals surface area contributed by atoms with Crippen molar-refractivity contribution in [3.05, 3.63) is 24.0 Å².